The maximum absolute atomic E-state index is 12.8. The van der Waals surface area contributed by atoms with Crippen molar-refractivity contribution in [3.63, 3.8) is 0 Å². The number of esters is 1. The predicted octanol–water partition coefficient (Wildman–Crippen LogP) is 1.76. The molecule has 0 radical (unpaired) electrons. The van der Waals surface area contributed by atoms with Gasteiger partial charge < -0.3 is 20.1 Å². The molecule has 2 rings (SSSR count). The van der Waals surface area contributed by atoms with Gasteiger partial charge in [0.05, 0.1) is 31.4 Å². The molecule has 1 amide bonds. The van der Waals surface area contributed by atoms with Gasteiger partial charge in [-0.15, -0.1) is 0 Å². The zero-order chi connectivity index (χ0) is 20.4. The summed E-state index contributed by atoms with van der Waals surface area (Å²) in [5.41, 5.74) is -1.64. The van der Waals surface area contributed by atoms with E-state index in [1.165, 1.54) is 6.07 Å². The molecule has 0 spiro atoms. The van der Waals surface area contributed by atoms with Crippen LogP contribution in [0, 0.1) is 0 Å². The molecule has 0 aromatic heterocycles. The molecule has 0 unspecified atom stereocenters. The van der Waals surface area contributed by atoms with E-state index < -0.39 is 29.4 Å². The van der Waals surface area contributed by atoms with E-state index in [4.69, 9.17) is 16.7 Å². The highest BCUT2D eigenvalue weighted by Crippen LogP contribution is 2.31. The van der Waals surface area contributed by atoms with Gasteiger partial charge in [0.1, 0.15) is 5.70 Å². The number of hydrogen-bond acceptors (Lipinski definition) is 6. The van der Waals surface area contributed by atoms with Gasteiger partial charge in [-0.3, -0.25) is 9.59 Å². The Kier molecular flexibility index (Phi) is 6.11. The van der Waals surface area contributed by atoms with Crippen molar-refractivity contribution >= 4 is 34.9 Å². The number of rotatable bonds is 6. The van der Waals surface area contributed by atoms with Gasteiger partial charge >= 0.3 is 12.1 Å². The normalized spacial score (nSPS) is 14.6. The molecule has 1 aromatic rings. The Morgan fingerprint density at radius 2 is 2.04 bits per heavy atom. The van der Waals surface area contributed by atoms with Crippen LogP contribution in [-0.2, 0) is 14.3 Å². The Bertz CT molecular complexity index is 823. The molecule has 27 heavy (non-hydrogen) atoms. The van der Waals surface area contributed by atoms with Crippen LogP contribution in [0.1, 0.15) is 10.4 Å². The molecule has 0 saturated carbocycles. The lowest BCUT2D eigenvalue weighted by Crippen LogP contribution is -2.31. The number of carbonyl (C=O) groups is 3. The summed E-state index contributed by atoms with van der Waals surface area (Å²) >= 11 is 5.69. The second kappa shape index (κ2) is 7.97. The maximum atomic E-state index is 12.8. The number of Topliss-reactive ketones (excluding diaryl/α,β-unsaturated/α-hetero) is 1. The van der Waals surface area contributed by atoms with Crippen molar-refractivity contribution in [3.05, 3.63) is 40.1 Å². The van der Waals surface area contributed by atoms with Crippen LogP contribution in [0.15, 0.2) is 29.5 Å². The molecule has 0 atom stereocenters. The van der Waals surface area contributed by atoms with Gasteiger partial charge in [-0.1, -0.05) is 11.6 Å². The van der Waals surface area contributed by atoms with Crippen LogP contribution >= 0.6 is 11.6 Å². The number of benzene rings is 1. The van der Waals surface area contributed by atoms with E-state index in [-0.39, 0.29) is 41.7 Å². The standard InChI is InChI=1S/C16H14ClF3N2O5/c1-27-15(26)10-7-22(4-5-23)14(25)12(10)21-11-3-2-8(17)6-9(11)13(24)16(18,19)20/h2-3,6,21,23H,4-5,7H2,1H3. The van der Waals surface area contributed by atoms with Crippen molar-refractivity contribution in [1.29, 1.82) is 0 Å². The van der Waals surface area contributed by atoms with Crippen LogP contribution in [0.5, 0.6) is 0 Å². The van der Waals surface area contributed by atoms with E-state index in [0.29, 0.717) is 0 Å². The SMILES string of the molecule is COC(=O)C1=C(Nc2ccc(Cl)cc2C(=O)C(F)(F)F)C(=O)N(CCO)C1. The summed E-state index contributed by atoms with van der Waals surface area (Å²) in [6, 6.07) is 3.12. The molecular formula is C16H14ClF3N2O5. The van der Waals surface area contributed by atoms with Gasteiger partial charge in [0, 0.05) is 17.3 Å². The molecule has 1 heterocycles. The first-order chi connectivity index (χ1) is 12.6. The lowest BCUT2D eigenvalue weighted by atomic mass is 10.1. The summed E-state index contributed by atoms with van der Waals surface area (Å²) in [4.78, 5) is 37.1. The number of ether oxygens (including phenoxy) is 1. The molecule has 146 valence electrons. The van der Waals surface area contributed by atoms with Gasteiger partial charge in [-0.2, -0.15) is 13.2 Å². The Balaban J connectivity index is 2.49. The van der Waals surface area contributed by atoms with Gasteiger partial charge in [0.15, 0.2) is 0 Å². The largest absolute Gasteiger partial charge is 0.466 e. The van der Waals surface area contributed by atoms with Gasteiger partial charge in [-0.05, 0) is 18.2 Å². The molecular weight excluding hydrogens is 393 g/mol. The Morgan fingerprint density at radius 1 is 1.37 bits per heavy atom. The summed E-state index contributed by atoms with van der Waals surface area (Å²) in [6.45, 7) is -0.684. The van der Waals surface area contributed by atoms with Crippen LogP contribution in [0.4, 0.5) is 18.9 Å². The summed E-state index contributed by atoms with van der Waals surface area (Å²) in [5.74, 6) is -3.76. The summed E-state index contributed by atoms with van der Waals surface area (Å²) in [7, 11) is 1.08. The Morgan fingerprint density at radius 3 is 2.59 bits per heavy atom. The molecule has 0 saturated heterocycles. The fourth-order valence-corrected chi connectivity index (χ4v) is 2.62. The minimum absolute atomic E-state index is 0.0978. The number of anilines is 1. The third-order valence-corrected chi connectivity index (χ3v) is 3.93. The van der Waals surface area contributed by atoms with Crippen molar-refractivity contribution in [2.45, 2.75) is 6.18 Å². The highest BCUT2D eigenvalue weighted by Gasteiger charge is 2.41. The minimum Gasteiger partial charge on any atom is -0.466 e. The van der Waals surface area contributed by atoms with Crippen LogP contribution in [0.2, 0.25) is 5.02 Å². The van der Waals surface area contributed by atoms with Gasteiger partial charge in [-0.25, -0.2) is 4.79 Å². The lowest BCUT2D eigenvalue weighted by molar-refractivity contribution is -0.136. The van der Waals surface area contributed by atoms with Crippen molar-refractivity contribution in [2.75, 3.05) is 32.1 Å². The average Bonchev–Trinajstić information content (AvgIpc) is 2.91. The quantitative estimate of drug-likeness (QED) is 0.552. The molecule has 0 fully saturated rings. The van der Waals surface area contributed by atoms with Crippen molar-refractivity contribution in [1.82, 2.24) is 4.90 Å². The van der Waals surface area contributed by atoms with Gasteiger partial charge in [0.2, 0.25) is 0 Å². The first-order valence-electron chi connectivity index (χ1n) is 7.49. The summed E-state index contributed by atoms with van der Waals surface area (Å²) in [5, 5.41) is 11.3. The molecule has 2 N–H and O–H groups in total. The molecule has 0 aliphatic carbocycles. The highest BCUT2D eigenvalue weighted by molar-refractivity contribution is 6.31. The molecule has 11 heteroatoms. The highest BCUT2D eigenvalue weighted by atomic mass is 35.5. The molecule has 1 aliphatic rings. The fourth-order valence-electron chi connectivity index (χ4n) is 2.45. The van der Waals surface area contributed by atoms with E-state index in [1.54, 1.807) is 0 Å². The van der Waals surface area contributed by atoms with Crippen molar-refractivity contribution in [2.24, 2.45) is 0 Å². The molecule has 0 bridgehead atoms. The number of carbonyl (C=O) groups excluding carboxylic acids is 3. The number of methoxy groups -OCH3 is 1. The monoisotopic (exact) mass is 406 g/mol. The fraction of sp³-hybridized carbons (Fsp3) is 0.312. The van der Waals surface area contributed by atoms with Crippen LogP contribution in [-0.4, -0.2) is 60.6 Å². The number of hydrogen-bond donors (Lipinski definition) is 2. The number of amides is 1. The number of halogens is 4. The van der Waals surface area contributed by atoms with Crippen LogP contribution < -0.4 is 5.32 Å². The Labute approximate surface area is 156 Å². The predicted molar refractivity (Wildman–Crippen MR) is 88.2 cm³/mol. The van der Waals surface area contributed by atoms with Crippen LogP contribution in [0.25, 0.3) is 0 Å². The van der Waals surface area contributed by atoms with E-state index in [1.807, 2.05) is 0 Å². The van der Waals surface area contributed by atoms with Crippen molar-refractivity contribution in [3.8, 4) is 0 Å². The minimum atomic E-state index is -5.16. The first kappa shape index (κ1) is 20.7. The average molecular weight is 407 g/mol. The number of nitrogens with one attached hydrogen (secondary N) is 1. The second-order valence-corrected chi connectivity index (χ2v) is 5.87. The number of β-amino-alcohol motifs (C(OH)–C–C–N with tert-alkyl or cyclic N) is 1. The third-order valence-electron chi connectivity index (χ3n) is 3.70. The number of nitrogens with zero attached hydrogens (tertiary/aromatic N) is 1. The number of aliphatic hydroxyl groups is 1. The second-order valence-electron chi connectivity index (χ2n) is 5.44. The van der Waals surface area contributed by atoms with E-state index in [9.17, 15) is 27.6 Å². The molecule has 7 nitrogen and oxygen atoms in total. The number of alkyl halides is 3. The van der Waals surface area contributed by atoms with Crippen LogP contribution in [0.3, 0.4) is 0 Å². The van der Waals surface area contributed by atoms with E-state index >= 15 is 0 Å². The Hall–Kier alpha value is -2.59. The third kappa shape index (κ3) is 4.40. The topological polar surface area (TPSA) is 95.9 Å². The maximum Gasteiger partial charge on any atom is 0.454 e. The lowest BCUT2D eigenvalue weighted by Gasteiger charge is -2.16. The zero-order valence-corrected chi connectivity index (χ0v) is 14.6. The number of ketones is 1. The van der Waals surface area contributed by atoms with Crippen molar-refractivity contribution < 1.29 is 37.4 Å². The van der Waals surface area contributed by atoms with E-state index in [2.05, 4.69) is 10.1 Å². The number of aliphatic hydroxyl groups excluding tert-OH is 1. The van der Waals surface area contributed by atoms with E-state index in [0.717, 1.165) is 24.1 Å². The summed E-state index contributed by atoms with van der Waals surface area (Å²) in [6.07, 6.45) is -5.16. The smallest absolute Gasteiger partial charge is 0.454 e. The zero-order valence-electron chi connectivity index (χ0n) is 13.9. The first-order valence-corrected chi connectivity index (χ1v) is 7.87. The molecule has 1 aromatic carbocycles. The molecule has 1 aliphatic heterocycles. The van der Waals surface area contributed by atoms with Gasteiger partial charge in [0.25, 0.3) is 11.7 Å². The summed E-state index contributed by atoms with van der Waals surface area (Å²) < 4.78 is 43.1.